The zero-order chi connectivity index (χ0) is 45.9. The van der Waals surface area contributed by atoms with Crippen LogP contribution in [0.1, 0.15) is 265 Å². The average molecular weight is 882 g/mol. The monoisotopic (exact) mass is 882 g/mol. The summed E-state index contributed by atoms with van der Waals surface area (Å²) in [6.45, 7) is 6.34. The maximum Gasteiger partial charge on any atom is 0.306 e. The fraction of sp³-hybridized carbons (Fsp3) is 0.789. The van der Waals surface area contributed by atoms with Gasteiger partial charge in [0, 0.05) is 6.42 Å². The lowest BCUT2D eigenvalue weighted by Crippen LogP contribution is -2.46. The lowest BCUT2D eigenvalue weighted by atomic mass is 10.0. The predicted molar refractivity (Wildman–Crippen MR) is 273 cm³/mol. The highest BCUT2D eigenvalue weighted by Gasteiger charge is 2.24. The van der Waals surface area contributed by atoms with Crippen molar-refractivity contribution in [2.45, 2.75) is 283 Å². The van der Waals surface area contributed by atoms with E-state index < -0.39 is 18.2 Å². The summed E-state index contributed by atoms with van der Waals surface area (Å²) >= 11 is 0. The summed E-state index contributed by atoms with van der Waals surface area (Å²) in [7, 11) is 0. The molecule has 0 aromatic carbocycles. The van der Waals surface area contributed by atoms with E-state index in [0.717, 1.165) is 57.8 Å². The van der Waals surface area contributed by atoms with Gasteiger partial charge in [-0.1, -0.05) is 274 Å². The molecule has 0 saturated carbocycles. The highest BCUT2D eigenvalue weighted by molar-refractivity contribution is 5.77. The number of carbonyl (C=O) groups excluding carboxylic acids is 2. The number of hydrogen-bond acceptors (Lipinski definition) is 5. The standard InChI is InChI=1S/C57H103NO5/c1-4-7-10-13-16-19-22-25-27-28-29-32-35-38-41-44-47-50-57(62)63-53(48-45-42-39-36-33-30-24-21-18-15-12-9-6-3)51-56(61)58-54(52-59)55(60)49-46-43-40-37-34-31-26-23-20-17-14-11-8-5-2/h9,12,15,18,21,24,30,33,36,39,53-55,59-60H,4-8,10-11,13-14,16-17,19-20,22-23,25-29,31-32,34-35,37-38,40-52H2,1-3H3,(H,58,61)/b12-9+,18-15+,24-21-,33-30-,39-36+. The number of allylic oxidation sites excluding steroid dienone is 10. The second-order valence-electron chi connectivity index (χ2n) is 18.4. The van der Waals surface area contributed by atoms with Gasteiger partial charge in [-0.05, 0) is 38.5 Å². The van der Waals surface area contributed by atoms with Gasteiger partial charge in [0.25, 0.3) is 0 Å². The molecule has 0 bridgehead atoms. The number of aliphatic hydroxyl groups is 2. The summed E-state index contributed by atoms with van der Waals surface area (Å²) < 4.78 is 5.91. The molecule has 3 N–H and O–H groups in total. The Balaban J connectivity index is 4.60. The summed E-state index contributed by atoms with van der Waals surface area (Å²) in [5, 5.41) is 23.8. The molecule has 0 heterocycles. The van der Waals surface area contributed by atoms with Crippen molar-refractivity contribution in [2.75, 3.05) is 6.61 Å². The van der Waals surface area contributed by atoms with Gasteiger partial charge in [0.05, 0.1) is 25.2 Å². The Hall–Kier alpha value is -2.44. The van der Waals surface area contributed by atoms with E-state index in [0.29, 0.717) is 19.3 Å². The highest BCUT2D eigenvalue weighted by Crippen LogP contribution is 2.18. The molecule has 0 aromatic heterocycles. The lowest BCUT2D eigenvalue weighted by Gasteiger charge is -2.24. The number of rotatable bonds is 48. The fourth-order valence-corrected chi connectivity index (χ4v) is 8.16. The van der Waals surface area contributed by atoms with Gasteiger partial charge >= 0.3 is 5.97 Å². The molecular formula is C57H103NO5. The van der Waals surface area contributed by atoms with Crippen LogP contribution in [0.5, 0.6) is 0 Å². The van der Waals surface area contributed by atoms with Crippen LogP contribution in [0.3, 0.4) is 0 Å². The smallest absolute Gasteiger partial charge is 0.306 e. The zero-order valence-electron chi connectivity index (χ0n) is 41.7. The normalized spacial score (nSPS) is 13.7. The van der Waals surface area contributed by atoms with Crippen LogP contribution in [0.4, 0.5) is 0 Å². The molecule has 1 amide bonds. The molecular weight excluding hydrogens is 779 g/mol. The first-order valence-electron chi connectivity index (χ1n) is 27.1. The third-order valence-corrected chi connectivity index (χ3v) is 12.2. The van der Waals surface area contributed by atoms with E-state index in [9.17, 15) is 19.8 Å². The van der Waals surface area contributed by atoms with E-state index in [-0.39, 0.29) is 24.9 Å². The van der Waals surface area contributed by atoms with Crippen LogP contribution < -0.4 is 5.32 Å². The molecule has 0 saturated heterocycles. The van der Waals surface area contributed by atoms with Crippen molar-refractivity contribution in [1.82, 2.24) is 5.32 Å². The maximum atomic E-state index is 13.2. The summed E-state index contributed by atoms with van der Waals surface area (Å²) in [4.78, 5) is 26.2. The summed E-state index contributed by atoms with van der Waals surface area (Å²) in [5.74, 6) is -0.538. The second kappa shape index (κ2) is 50.6. The third kappa shape index (κ3) is 45.9. The van der Waals surface area contributed by atoms with Gasteiger partial charge < -0.3 is 20.3 Å². The van der Waals surface area contributed by atoms with Crippen LogP contribution in [0.15, 0.2) is 60.8 Å². The number of nitrogens with one attached hydrogen (secondary N) is 1. The average Bonchev–Trinajstić information content (AvgIpc) is 3.28. The Morgan fingerprint density at radius 3 is 1.27 bits per heavy atom. The van der Waals surface area contributed by atoms with Crippen molar-refractivity contribution in [3.8, 4) is 0 Å². The minimum atomic E-state index is -0.807. The van der Waals surface area contributed by atoms with Crippen LogP contribution in [-0.2, 0) is 14.3 Å². The number of carbonyl (C=O) groups is 2. The van der Waals surface area contributed by atoms with Crippen LogP contribution in [-0.4, -0.2) is 46.9 Å². The number of aliphatic hydroxyl groups excluding tert-OH is 2. The van der Waals surface area contributed by atoms with Gasteiger partial charge in [0.1, 0.15) is 6.10 Å². The summed E-state index contributed by atoms with van der Waals surface area (Å²) in [6, 6.07) is -0.724. The van der Waals surface area contributed by atoms with Crippen LogP contribution in [0, 0.1) is 0 Å². The van der Waals surface area contributed by atoms with Crippen molar-refractivity contribution in [1.29, 1.82) is 0 Å². The minimum Gasteiger partial charge on any atom is -0.462 e. The third-order valence-electron chi connectivity index (χ3n) is 12.2. The topological polar surface area (TPSA) is 95.9 Å². The van der Waals surface area contributed by atoms with Crippen LogP contribution >= 0.6 is 0 Å². The van der Waals surface area contributed by atoms with E-state index in [2.05, 4.69) is 38.2 Å². The lowest BCUT2D eigenvalue weighted by molar-refractivity contribution is -0.151. The number of ether oxygens (including phenoxy) is 1. The number of hydrogen-bond donors (Lipinski definition) is 3. The van der Waals surface area contributed by atoms with Crippen molar-refractivity contribution < 1.29 is 24.5 Å². The molecule has 63 heavy (non-hydrogen) atoms. The number of amides is 1. The molecule has 0 aliphatic heterocycles. The van der Waals surface area contributed by atoms with E-state index in [1.807, 2.05) is 48.6 Å². The molecule has 3 unspecified atom stereocenters. The van der Waals surface area contributed by atoms with E-state index in [4.69, 9.17) is 4.74 Å². The van der Waals surface area contributed by atoms with Gasteiger partial charge in [-0.2, -0.15) is 0 Å². The van der Waals surface area contributed by atoms with Gasteiger partial charge in [0.2, 0.25) is 5.91 Å². The Morgan fingerprint density at radius 1 is 0.476 bits per heavy atom. The number of esters is 1. The molecule has 0 aromatic rings. The molecule has 6 heteroatoms. The minimum absolute atomic E-state index is 0.0300. The molecule has 0 aliphatic carbocycles. The molecule has 0 radical (unpaired) electrons. The van der Waals surface area contributed by atoms with Crippen molar-refractivity contribution in [3.05, 3.63) is 60.8 Å². The van der Waals surface area contributed by atoms with Crippen molar-refractivity contribution >= 4 is 11.9 Å². The zero-order valence-corrected chi connectivity index (χ0v) is 41.7. The molecule has 6 nitrogen and oxygen atoms in total. The molecule has 0 spiro atoms. The van der Waals surface area contributed by atoms with Gasteiger partial charge in [-0.25, -0.2) is 0 Å². The molecule has 0 fully saturated rings. The summed E-state index contributed by atoms with van der Waals surface area (Å²) in [5.41, 5.74) is 0. The molecule has 0 rings (SSSR count). The van der Waals surface area contributed by atoms with Crippen LogP contribution in [0.2, 0.25) is 0 Å². The first-order valence-corrected chi connectivity index (χ1v) is 27.1. The maximum absolute atomic E-state index is 13.2. The van der Waals surface area contributed by atoms with E-state index >= 15 is 0 Å². The Kier molecular flexibility index (Phi) is 48.6. The van der Waals surface area contributed by atoms with E-state index in [1.54, 1.807) is 0 Å². The molecule has 3 atom stereocenters. The van der Waals surface area contributed by atoms with E-state index in [1.165, 1.54) is 161 Å². The summed E-state index contributed by atoms with van der Waals surface area (Å²) in [6.07, 6.45) is 62.9. The Labute approximate surface area is 390 Å². The molecule has 0 aliphatic rings. The Bertz CT molecular complexity index is 1130. The van der Waals surface area contributed by atoms with Gasteiger partial charge in [-0.15, -0.1) is 0 Å². The second-order valence-corrected chi connectivity index (χ2v) is 18.4. The van der Waals surface area contributed by atoms with Crippen LogP contribution in [0.25, 0.3) is 0 Å². The van der Waals surface area contributed by atoms with Gasteiger partial charge in [0.15, 0.2) is 0 Å². The first kappa shape index (κ1) is 60.6. The highest BCUT2D eigenvalue weighted by atomic mass is 16.5. The quantitative estimate of drug-likeness (QED) is 0.0321. The van der Waals surface area contributed by atoms with Gasteiger partial charge in [-0.3, -0.25) is 9.59 Å². The molecule has 366 valence electrons. The van der Waals surface area contributed by atoms with Crippen molar-refractivity contribution in [2.24, 2.45) is 0 Å². The van der Waals surface area contributed by atoms with Crippen molar-refractivity contribution in [3.63, 3.8) is 0 Å². The predicted octanol–water partition coefficient (Wildman–Crippen LogP) is 16.4. The SMILES string of the molecule is CC/C=C/C=C/C=C\C=C/C=C/CCCC(CC(=O)NC(CO)C(O)CCCCCCCCCCCCCCCC)OC(=O)CCCCCCCCCCCCCCCCCCC. The largest absolute Gasteiger partial charge is 0.462 e. The fourth-order valence-electron chi connectivity index (χ4n) is 8.16. The Morgan fingerprint density at radius 2 is 0.857 bits per heavy atom. The number of unbranched alkanes of at least 4 members (excludes halogenated alkanes) is 30. The first-order chi connectivity index (χ1) is 31.0.